The molecule has 0 radical (unpaired) electrons. The van der Waals surface area contributed by atoms with Crippen LogP contribution in [-0.4, -0.2) is 32.3 Å². The summed E-state index contributed by atoms with van der Waals surface area (Å²) in [5.74, 6) is 0.0202. The lowest BCUT2D eigenvalue weighted by Crippen LogP contribution is -2.28. The smallest absolute Gasteiger partial charge is 0.277 e. The monoisotopic (exact) mass is 438 g/mol. The van der Waals surface area contributed by atoms with E-state index in [0.717, 1.165) is 5.56 Å². The number of aliphatic hydroxyl groups excluding tert-OH is 1. The number of nitrogens with one attached hydrogen (secondary N) is 1. The van der Waals surface area contributed by atoms with E-state index in [0.29, 0.717) is 27.7 Å². The molecule has 2 aromatic heterocycles. The molecule has 0 atom stereocenters. The standard InChI is InChI=1S/C22H19ClN4O4/c1-31-18-8-7-15(23)11-17(18)24-19(29)12-26-9-10-27-21(22(26)30)16(13-28)20(25-27)14-5-3-2-4-6-14/h2-11,28H,12-13H2,1H3,(H,24,29). The van der Waals surface area contributed by atoms with Crippen molar-refractivity contribution in [1.82, 2.24) is 14.2 Å². The van der Waals surface area contributed by atoms with Crippen LogP contribution >= 0.6 is 11.6 Å². The summed E-state index contributed by atoms with van der Waals surface area (Å²) in [6.45, 7) is -0.597. The molecular formula is C22H19ClN4O4. The van der Waals surface area contributed by atoms with Crippen molar-refractivity contribution in [3.63, 3.8) is 0 Å². The third-order valence-corrected chi connectivity index (χ3v) is 5.05. The zero-order chi connectivity index (χ0) is 22.0. The number of carbonyl (C=O) groups excluding carboxylic acids is 1. The number of hydrogen-bond donors (Lipinski definition) is 2. The van der Waals surface area contributed by atoms with Crippen LogP contribution in [0.3, 0.4) is 0 Å². The molecule has 2 heterocycles. The van der Waals surface area contributed by atoms with Crippen LogP contribution < -0.4 is 15.6 Å². The highest BCUT2D eigenvalue weighted by Crippen LogP contribution is 2.28. The van der Waals surface area contributed by atoms with Crippen LogP contribution in [0.15, 0.2) is 65.7 Å². The molecule has 0 bridgehead atoms. The fraction of sp³-hybridized carbons (Fsp3) is 0.136. The minimum atomic E-state index is -0.436. The molecule has 2 aromatic carbocycles. The predicted molar refractivity (Wildman–Crippen MR) is 117 cm³/mol. The molecule has 4 rings (SSSR count). The lowest BCUT2D eigenvalue weighted by Gasteiger charge is -2.11. The first-order valence-corrected chi connectivity index (χ1v) is 9.80. The average Bonchev–Trinajstić information content (AvgIpc) is 3.16. The van der Waals surface area contributed by atoms with Gasteiger partial charge in [0.1, 0.15) is 17.8 Å². The quantitative estimate of drug-likeness (QED) is 0.482. The maximum atomic E-state index is 13.1. The maximum Gasteiger partial charge on any atom is 0.277 e. The summed E-state index contributed by atoms with van der Waals surface area (Å²) in [6, 6.07) is 14.1. The van der Waals surface area contributed by atoms with Crippen LogP contribution in [0.5, 0.6) is 5.75 Å². The van der Waals surface area contributed by atoms with Gasteiger partial charge in [0.15, 0.2) is 0 Å². The Morgan fingerprint density at radius 1 is 1.19 bits per heavy atom. The number of amides is 1. The van der Waals surface area contributed by atoms with Crippen molar-refractivity contribution in [2.45, 2.75) is 13.2 Å². The number of ether oxygens (including phenoxy) is 1. The molecule has 9 heteroatoms. The molecule has 0 aliphatic heterocycles. The van der Waals surface area contributed by atoms with Crippen molar-refractivity contribution in [3.8, 4) is 17.0 Å². The Labute approximate surface area is 182 Å². The van der Waals surface area contributed by atoms with Gasteiger partial charge in [-0.1, -0.05) is 41.9 Å². The van der Waals surface area contributed by atoms with E-state index < -0.39 is 11.5 Å². The third kappa shape index (κ3) is 4.03. The van der Waals surface area contributed by atoms with Crippen LogP contribution in [0.2, 0.25) is 5.02 Å². The van der Waals surface area contributed by atoms with E-state index in [2.05, 4.69) is 10.4 Å². The second-order valence-electron chi connectivity index (χ2n) is 6.77. The highest BCUT2D eigenvalue weighted by molar-refractivity contribution is 6.31. The molecule has 31 heavy (non-hydrogen) atoms. The van der Waals surface area contributed by atoms with E-state index in [9.17, 15) is 14.7 Å². The first-order chi connectivity index (χ1) is 15.0. The van der Waals surface area contributed by atoms with E-state index in [-0.39, 0.29) is 18.7 Å². The van der Waals surface area contributed by atoms with Gasteiger partial charge in [-0.2, -0.15) is 5.10 Å². The Balaban J connectivity index is 1.68. The number of benzene rings is 2. The van der Waals surface area contributed by atoms with Crippen LogP contribution in [0.25, 0.3) is 16.8 Å². The number of nitrogens with zero attached hydrogens (tertiary/aromatic N) is 3. The van der Waals surface area contributed by atoms with Gasteiger partial charge in [0.25, 0.3) is 5.56 Å². The molecule has 158 valence electrons. The second kappa shape index (κ2) is 8.63. The van der Waals surface area contributed by atoms with E-state index in [4.69, 9.17) is 16.3 Å². The van der Waals surface area contributed by atoms with E-state index >= 15 is 0 Å². The van der Waals surface area contributed by atoms with E-state index in [1.54, 1.807) is 24.4 Å². The Morgan fingerprint density at radius 2 is 1.97 bits per heavy atom. The number of fused-ring (bicyclic) bond motifs is 1. The van der Waals surface area contributed by atoms with Gasteiger partial charge >= 0.3 is 0 Å². The second-order valence-corrected chi connectivity index (χ2v) is 7.20. The summed E-state index contributed by atoms with van der Waals surface area (Å²) in [4.78, 5) is 25.7. The Kier molecular flexibility index (Phi) is 5.75. The summed E-state index contributed by atoms with van der Waals surface area (Å²) in [5.41, 5.74) is 1.90. The molecular weight excluding hydrogens is 420 g/mol. The molecule has 0 spiro atoms. The zero-order valence-corrected chi connectivity index (χ0v) is 17.3. The molecule has 0 aliphatic carbocycles. The molecule has 0 saturated carbocycles. The van der Waals surface area contributed by atoms with E-state index in [1.807, 2.05) is 30.3 Å². The summed E-state index contributed by atoms with van der Waals surface area (Å²) >= 11 is 6.00. The van der Waals surface area contributed by atoms with Crippen molar-refractivity contribution in [3.05, 3.63) is 81.9 Å². The van der Waals surface area contributed by atoms with Gasteiger partial charge in [0, 0.05) is 28.5 Å². The number of methoxy groups -OCH3 is 1. The minimum absolute atomic E-state index is 0.219. The average molecular weight is 439 g/mol. The van der Waals surface area contributed by atoms with Crippen molar-refractivity contribution >= 4 is 28.7 Å². The predicted octanol–water partition coefficient (Wildman–Crippen LogP) is 2.96. The number of rotatable bonds is 6. The Morgan fingerprint density at radius 3 is 2.68 bits per heavy atom. The SMILES string of the molecule is COc1ccc(Cl)cc1NC(=O)Cn1ccn2nc(-c3ccccc3)c(CO)c2c1=O. The van der Waals surface area contributed by atoms with E-state index in [1.165, 1.54) is 22.4 Å². The molecule has 1 amide bonds. The molecule has 0 unspecified atom stereocenters. The number of aliphatic hydroxyl groups is 1. The van der Waals surface area contributed by atoms with Crippen molar-refractivity contribution in [2.24, 2.45) is 0 Å². The minimum Gasteiger partial charge on any atom is -0.495 e. The summed E-state index contributed by atoms with van der Waals surface area (Å²) in [6.07, 6.45) is 3.06. The van der Waals surface area contributed by atoms with Gasteiger partial charge in [-0.05, 0) is 18.2 Å². The molecule has 0 saturated heterocycles. The maximum absolute atomic E-state index is 13.1. The fourth-order valence-corrected chi connectivity index (χ4v) is 3.55. The number of anilines is 1. The molecule has 4 aromatic rings. The van der Waals surface area contributed by atoms with Gasteiger partial charge < -0.3 is 19.7 Å². The topological polar surface area (TPSA) is 97.9 Å². The number of aromatic nitrogens is 3. The third-order valence-electron chi connectivity index (χ3n) is 4.81. The highest BCUT2D eigenvalue weighted by atomic mass is 35.5. The lowest BCUT2D eigenvalue weighted by molar-refractivity contribution is -0.116. The van der Waals surface area contributed by atoms with Crippen LogP contribution in [0, 0.1) is 0 Å². The zero-order valence-electron chi connectivity index (χ0n) is 16.6. The summed E-state index contributed by atoms with van der Waals surface area (Å²) in [5, 5.41) is 17.5. The van der Waals surface area contributed by atoms with Crippen LogP contribution in [0.1, 0.15) is 5.56 Å². The van der Waals surface area contributed by atoms with Crippen LogP contribution in [-0.2, 0) is 17.9 Å². The fourth-order valence-electron chi connectivity index (χ4n) is 3.38. The first-order valence-electron chi connectivity index (χ1n) is 9.42. The largest absolute Gasteiger partial charge is 0.495 e. The van der Waals surface area contributed by atoms with Gasteiger partial charge in [0.2, 0.25) is 5.91 Å². The molecule has 0 aliphatic rings. The molecule has 2 N–H and O–H groups in total. The van der Waals surface area contributed by atoms with Gasteiger partial charge in [-0.25, -0.2) is 4.52 Å². The highest BCUT2D eigenvalue weighted by Gasteiger charge is 2.18. The summed E-state index contributed by atoms with van der Waals surface area (Å²) < 4.78 is 7.91. The molecule has 8 nitrogen and oxygen atoms in total. The normalized spacial score (nSPS) is 10.9. The van der Waals surface area contributed by atoms with Gasteiger partial charge in [-0.3, -0.25) is 9.59 Å². The number of halogens is 1. The van der Waals surface area contributed by atoms with Gasteiger partial charge in [-0.15, -0.1) is 0 Å². The van der Waals surface area contributed by atoms with Crippen molar-refractivity contribution < 1.29 is 14.6 Å². The molecule has 0 fully saturated rings. The van der Waals surface area contributed by atoms with Gasteiger partial charge in [0.05, 0.1) is 25.1 Å². The summed E-state index contributed by atoms with van der Waals surface area (Å²) in [7, 11) is 1.48. The Hall–Kier alpha value is -3.62. The lowest BCUT2D eigenvalue weighted by atomic mass is 10.1. The van der Waals surface area contributed by atoms with Crippen LogP contribution in [0.4, 0.5) is 5.69 Å². The van der Waals surface area contributed by atoms with Crippen molar-refractivity contribution in [2.75, 3.05) is 12.4 Å². The van der Waals surface area contributed by atoms with Crippen molar-refractivity contribution in [1.29, 1.82) is 0 Å². The number of hydrogen-bond acceptors (Lipinski definition) is 5. The Bertz CT molecular complexity index is 1310. The number of carbonyl (C=O) groups is 1. The first kappa shape index (κ1) is 20.6.